The molecule has 0 unspecified atom stereocenters. The molecule has 0 radical (unpaired) electrons. The van der Waals surface area contributed by atoms with Gasteiger partial charge in [-0.25, -0.2) is 4.39 Å². The summed E-state index contributed by atoms with van der Waals surface area (Å²) in [4.78, 5) is 12.2. The summed E-state index contributed by atoms with van der Waals surface area (Å²) in [5, 5.41) is 3.59. The van der Waals surface area contributed by atoms with Gasteiger partial charge in [-0.05, 0) is 49.4 Å². The third-order valence-electron chi connectivity index (χ3n) is 4.38. The number of aryl methyl sites for hydroxylation is 1. The number of pyridine rings is 1. The van der Waals surface area contributed by atoms with Gasteiger partial charge in [-0.2, -0.15) is 0 Å². The fourth-order valence-corrected chi connectivity index (χ4v) is 3.61. The zero-order valence-electron chi connectivity index (χ0n) is 16.6. The summed E-state index contributed by atoms with van der Waals surface area (Å²) < 4.78 is 24.4. The molecule has 2 aromatic rings. The molecule has 2 N–H and O–H groups in total. The maximum Gasteiger partial charge on any atom is 0.255 e. The van der Waals surface area contributed by atoms with E-state index in [-0.39, 0.29) is 11.4 Å². The predicted molar refractivity (Wildman–Crippen MR) is 113 cm³/mol. The molecule has 1 fully saturated rings. The lowest BCUT2D eigenvalue weighted by Crippen LogP contribution is -2.22. The summed E-state index contributed by atoms with van der Waals surface area (Å²) in [5.74, 6) is 0.539. The molecule has 1 aliphatic carbocycles. The van der Waals surface area contributed by atoms with Gasteiger partial charge in [0.25, 0.3) is 5.56 Å². The smallest absolute Gasteiger partial charge is 0.255 e. The monoisotopic (exact) mass is 393 g/mol. The number of nitrogens with one attached hydrogen (secondary N) is 2. The zero-order chi connectivity index (χ0) is 20.0. The van der Waals surface area contributed by atoms with Crippen molar-refractivity contribution in [2.45, 2.75) is 45.3 Å². The van der Waals surface area contributed by atoms with Gasteiger partial charge in [0.05, 0.1) is 12.8 Å². The van der Waals surface area contributed by atoms with Crippen molar-refractivity contribution in [3.05, 3.63) is 46.0 Å². The van der Waals surface area contributed by atoms with Gasteiger partial charge >= 0.3 is 0 Å². The highest BCUT2D eigenvalue weighted by Crippen LogP contribution is 2.38. The van der Waals surface area contributed by atoms with E-state index in [4.69, 9.17) is 4.74 Å². The van der Waals surface area contributed by atoms with Crippen molar-refractivity contribution in [3.8, 4) is 5.75 Å². The van der Waals surface area contributed by atoms with Crippen molar-refractivity contribution in [2.75, 3.05) is 17.1 Å². The molecule has 5 nitrogen and oxygen atoms in total. The lowest BCUT2D eigenvalue weighted by Gasteiger charge is -2.26. The summed E-state index contributed by atoms with van der Waals surface area (Å²) in [6, 6.07) is 6.37. The SMILES string of the molecule is CC.COc1cc(=O)n(C)c(Nc2ccc(C)cc2F)c1NSC1CCC1. The molecule has 1 aromatic heterocycles. The summed E-state index contributed by atoms with van der Waals surface area (Å²) >= 11 is 1.61. The minimum absolute atomic E-state index is 0.230. The highest BCUT2D eigenvalue weighted by Gasteiger charge is 2.21. The topological polar surface area (TPSA) is 55.3 Å². The first-order chi connectivity index (χ1) is 13.0. The maximum absolute atomic E-state index is 14.3. The lowest BCUT2D eigenvalue weighted by molar-refractivity contribution is 0.415. The number of methoxy groups -OCH3 is 1. The molecule has 1 saturated carbocycles. The number of hydrogen-bond donors (Lipinski definition) is 2. The van der Waals surface area contributed by atoms with Crippen LogP contribution in [0.2, 0.25) is 0 Å². The van der Waals surface area contributed by atoms with Crippen LogP contribution in [0.4, 0.5) is 21.6 Å². The minimum atomic E-state index is -0.368. The van der Waals surface area contributed by atoms with E-state index in [1.54, 1.807) is 25.1 Å². The predicted octanol–water partition coefficient (Wildman–Crippen LogP) is 5.22. The van der Waals surface area contributed by atoms with E-state index in [1.807, 2.05) is 26.8 Å². The van der Waals surface area contributed by atoms with Gasteiger partial charge in [-0.1, -0.05) is 26.3 Å². The van der Waals surface area contributed by atoms with Crippen LogP contribution < -0.4 is 20.3 Å². The van der Waals surface area contributed by atoms with E-state index in [0.717, 1.165) is 5.56 Å². The lowest BCUT2D eigenvalue weighted by atomic mass is 10.0. The Balaban J connectivity index is 0.00000126. The number of benzene rings is 1. The summed E-state index contributed by atoms with van der Waals surface area (Å²) in [5.41, 5.74) is 1.56. The molecule has 0 amide bonds. The van der Waals surface area contributed by atoms with Crippen molar-refractivity contribution >= 4 is 29.1 Å². The number of halogens is 1. The van der Waals surface area contributed by atoms with Crippen LogP contribution in [0.25, 0.3) is 0 Å². The average Bonchev–Trinajstić information content (AvgIpc) is 2.62. The van der Waals surface area contributed by atoms with Crippen LogP contribution in [-0.4, -0.2) is 16.9 Å². The van der Waals surface area contributed by atoms with Crippen molar-refractivity contribution in [1.82, 2.24) is 4.57 Å². The van der Waals surface area contributed by atoms with Crippen molar-refractivity contribution in [3.63, 3.8) is 0 Å². The van der Waals surface area contributed by atoms with Crippen molar-refractivity contribution in [2.24, 2.45) is 7.05 Å². The highest BCUT2D eigenvalue weighted by atomic mass is 32.2. The molecular weight excluding hydrogens is 365 g/mol. The molecule has 148 valence electrons. The molecule has 0 saturated heterocycles. The summed E-state index contributed by atoms with van der Waals surface area (Å²) in [7, 11) is 3.17. The van der Waals surface area contributed by atoms with Crippen LogP contribution in [0.5, 0.6) is 5.75 Å². The Kier molecular flexibility index (Phi) is 7.59. The number of ether oxygens (including phenoxy) is 1. The third kappa shape index (κ3) is 4.97. The first kappa shape index (κ1) is 21.2. The van der Waals surface area contributed by atoms with E-state index < -0.39 is 0 Å². The first-order valence-electron chi connectivity index (χ1n) is 9.22. The second-order valence-electron chi connectivity index (χ2n) is 6.21. The second-order valence-corrected chi connectivity index (χ2v) is 7.32. The molecule has 1 heterocycles. The van der Waals surface area contributed by atoms with Gasteiger partial charge in [0, 0.05) is 18.4 Å². The Hall–Kier alpha value is -2.15. The second kappa shape index (κ2) is 9.69. The third-order valence-corrected chi connectivity index (χ3v) is 5.51. The van der Waals surface area contributed by atoms with Gasteiger partial charge < -0.3 is 14.8 Å². The molecule has 1 aliphatic rings. The highest BCUT2D eigenvalue weighted by molar-refractivity contribution is 8.01. The molecule has 3 rings (SSSR count). The van der Waals surface area contributed by atoms with E-state index in [9.17, 15) is 9.18 Å². The fraction of sp³-hybridized carbons (Fsp3) is 0.450. The number of hydrogen-bond acceptors (Lipinski definition) is 5. The van der Waals surface area contributed by atoms with Crippen LogP contribution in [0, 0.1) is 12.7 Å². The Labute approximate surface area is 164 Å². The van der Waals surface area contributed by atoms with Crippen molar-refractivity contribution < 1.29 is 9.13 Å². The van der Waals surface area contributed by atoms with Gasteiger partial charge in [-0.3, -0.25) is 9.36 Å². The van der Waals surface area contributed by atoms with Gasteiger partial charge in [-0.15, -0.1) is 0 Å². The van der Waals surface area contributed by atoms with Gasteiger partial charge in [0.15, 0.2) is 5.75 Å². The van der Waals surface area contributed by atoms with Gasteiger partial charge in [0.2, 0.25) is 0 Å². The molecule has 7 heteroatoms. The van der Waals surface area contributed by atoms with Crippen LogP contribution in [0.15, 0.2) is 29.1 Å². The first-order valence-corrected chi connectivity index (χ1v) is 10.1. The number of anilines is 3. The van der Waals surface area contributed by atoms with Crippen LogP contribution in [0.3, 0.4) is 0 Å². The van der Waals surface area contributed by atoms with Crippen molar-refractivity contribution in [1.29, 1.82) is 0 Å². The molecule has 27 heavy (non-hydrogen) atoms. The molecule has 0 spiro atoms. The molecule has 0 aliphatic heterocycles. The quantitative estimate of drug-likeness (QED) is 0.659. The van der Waals surface area contributed by atoms with Crippen LogP contribution in [0.1, 0.15) is 38.7 Å². The zero-order valence-corrected chi connectivity index (χ0v) is 17.4. The Morgan fingerprint density at radius 2 is 1.96 bits per heavy atom. The molecule has 1 aromatic carbocycles. The Bertz CT molecular complexity index is 835. The summed E-state index contributed by atoms with van der Waals surface area (Å²) in [6.07, 6.45) is 3.58. The molecular formula is C20H28FN3O2S. The van der Waals surface area contributed by atoms with E-state index in [2.05, 4.69) is 10.0 Å². The largest absolute Gasteiger partial charge is 0.494 e. The number of rotatable bonds is 6. The molecule has 0 bridgehead atoms. The maximum atomic E-state index is 14.3. The van der Waals surface area contributed by atoms with Crippen LogP contribution >= 0.6 is 11.9 Å². The van der Waals surface area contributed by atoms with Crippen LogP contribution in [-0.2, 0) is 7.05 Å². The van der Waals surface area contributed by atoms with E-state index in [0.29, 0.717) is 28.2 Å². The average molecular weight is 394 g/mol. The summed E-state index contributed by atoms with van der Waals surface area (Å²) in [6.45, 7) is 5.83. The fourth-order valence-electron chi connectivity index (χ4n) is 2.56. The van der Waals surface area contributed by atoms with E-state index >= 15 is 0 Å². The van der Waals surface area contributed by atoms with E-state index in [1.165, 1.54) is 43.1 Å². The minimum Gasteiger partial charge on any atom is -0.494 e. The molecule has 0 atom stereocenters. The number of aromatic nitrogens is 1. The standard InChI is InChI=1S/C18H22FN3O2S.C2H6/c1-11-7-8-14(13(19)9-11)20-18-17(21-25-12-5-4-6-12)15(24-3)10-16(23)22(18)2;1-2/h7-10,12,20-21H,4-6H2,1-3H3;1-2H3. The van der Waals surface area contributed by atoms with Gasteiger partial charge in [0.1, 0.15) is 17.3 Å². The Morgan fingerprint density at radius 1 is 1.26 bits per heavy atom. The Morgan fingerprint density at radius 3 is 2.52 bits per heavy atom. The number of nitrogens with zero attached hydrogens (tertiary/aromatic N) is 1. The normalized spacial score (nSPS) is 13.3.